The molecular weight excluding hydrogens is 372 g/mol. The van der Waals surface area contributed by atoms with Crippen LogP contribution in [-0.2, 0) is 22.6 Å². The van der Waals surface area contributed by atoms with Crippen molar-refractivity contribution in [2.24, 2.45) is 0 Å². The fourth-order valence-electron chi connectivity index (χ4n) is 3.05. The minimum absolute atomic E-state index is 0.0682. The highest BCUT2D eigenvalue weighted by Crippen LogP contribution is 2.16. The number of hydrogen-bond acceptors (Lipinski definition) is 2. The number of amides is 2. The third-order valence-electron chi connectivity index (χ3n) is 4.68. The van der Waals surface area contributed by atoms with Gasteiger partial charge < -0.3 is 10.2 Å². The number of carbonyl (C=O) groups is 2. The van der Waals surface area contributed by atoms with Gasteiger partial charge in [-0.3, -0.25) is 9.59 Å². The lowest BCUT2D eigenvalue weighted by atomic mass is 10.1. The van der Waals surface area contributed by atoms with Crippen molar-refractivity contribution >= 4 is 23.4 Å². The molecule has 150 valence electrons. The SMILES string of the molecule is CCCNC(=O)C(CC)N(Cc1ccc(C)cc1)C(=O)Cc1ccc(Cl)cc1. The predicted octanol–water partition coefficient (Wildman–Crippen LogP) is 4.52. The summed E-state index contributed by atoms with van der Waals surface area (Å²) in [6.45, 7) is 7.00. The van der Waals surface area contributed by atoms with E-state index in [1.807, 2.05) is 57.2 Å². The first-order chi connectivity index (χ1) is 13.4. The van der Waals surface area contributed by atoms with Crippen LogP contribution < -0.4 is 5.32 Å². The van der Waals surface area contributed by atoms with Crippen molar-refractivity contribution < 1.29 is 9.59 Å². The zero-order valence-electron chi connectivity index (χ0n) is 16.9. The number of halogens is 1. The van der Waals surface area contributed by atoms with Crippen molar-refractivity contribution in [2.45, 2.75) is 52.6 Å². The van der Waals surface area contributed by atoms with Gasteiger partial charge in [-0.25, -0.2) is 0 Å². The van der Waals surface area contributed by atoms with Crippen LogP contribution in [0.4, 0.5) is 0 Å². The van der Waals surface area contributed by atoms with Crippen molar-refractivity contribution in [3.63, 3.8) is 0 Å². The van der Waals surface area contributed by atoms with E-state index in [1.165, 1.54) is 0 Å². The molecule has 4 nitrogen and oxygen atoms in total. The van der Waals surface area contributed by atoms with Crippen molar-refractivity contribution in [1.29, 1.82) is 0 Å². The molecule has 2 aromatic rings. The monoisotopic (exact) mass is 400 g/mol. The topological polar surface area (TPSA) is 49.4 Å². The molecule has 2 amide bonds. The lowest BCUT2D eigenvalue weighted by Crippen LogP contribution is -2.49. The van der Waals surface area contributed by atoms with Crippen LogP contribution >= 0.6 is 11.6 Å². The third-order valence-corrected chi connectivity index (χ3v) is 4.93. The highest BCUT2D eigenvalue weighted by molar-refractivity contribution is 6.30. The van der Waals surface area contributed by atoms with Crippen molar-refractivity contribution in [3.05, 3.63) is 70.2 Å². The normalized spacial score (nSPS) is 11.7. The summed E-state index contributed by atoms with van der Waals surface area (Å²) in [4.78, 5) is 27.6. The van der Waals surface area contributed by atoms with Crippen LogP contribution in [-0.4, -0.2) is 29.3 Å². The Balaban J connectivity index is 2.24. The number of aryl methyl sites for hydroxylation is 1. The summed E-state index contributed by atoms with van der Waals surface area (Å²) in [5.74, 6) is -0.165. The van der Waals surface area contributed by atoms with E-state index in [1.54, 1.807) is 17.0 Å². The van der Waals surface area contributed by atoms with Gasteiger partial charge in [0.25, 0.3) is 0 Å². The van der Waals surface area contributed by atoms with Crippen molar-refractivity contribution in [2.75, 3.05) is 6.54 Å². The highest BCUT2D eigenvalue weighted by atomic mass is 35.5. The van der Waals surface area contributed by atoms with Crippen LogP contribution in [0, 0.1) is 6.92 Å². The highest BCUT2D eigenvalue weighted by Gasteiger charge is 2.28. The standard InChI is InChI=1S/C23H29ClN2O2/c1-4-14-25-23(28)21(5-2)26(16-19-8-6-17(3)7-9-19)22(27)15-18-10-12-20(24)13-11-18/h6-13,21H,4-5,14-16H2,1-3H3,(H,25,28). The molecule has 0 saturated heterocycles. The second kappa shape index (κ2) is 10.9. The Kier molecular flexibility index (Phi) is 8.52. The van der Waals surface area contributed by atoms with Gasteiger partial charge in [0.1, 0.15) is 6.04 Å². The zero-order chi connectivity index (χ0) is 20.5. The summed E-state index contributed by atoms with van der Waals surface area (Å²) in [5, 5.41) is 3.57. The second-order valence-corrected chi connectivity index (χ2v) is 7.46. The minimum atomic E-state index is -0.493. The van der Waals surface area contributed by atoms with Crippen LogP contribution in [0.3, 0.4) is 0 Å². The van der Waals surface area contributed by atoms with Crippen LogP contribution in [0.25, 0.3) is 0 Å². The van der Waals surface area contributed by atoms with E-state index in [4.69, 9.17) is 11.6 Å². The Morgan fingerprint density at radius 3 is 2.18 bits per heavy atom. The van der Waals surface area contributed by atoms with Crippen molar-refractivity contribution in [1.82, 2.24) is 10.2 Å². The molecule has 0 radical (unpaired) electrons. The summed E-state index contributed by atoms with van der Waals surface area (Å²) in [7, 11) is 0. The molecule has 0 saturated carbocycles. The van der Waals surface area contributed by atoms with Gasteiger partial charge in [-0.1, -0.05) is 67.4 Å². The fraction of sp³-hybridized carbons (Fsp3) is 0.391. The number of nitrogens with zero attached hydrogens (tertiary/aromatic N) is 1. The molecule has 0 aliphatic carbocycles. The van der Waals surface area contributed by atoms with E-state index in [2.05, 4.69) is 5.32 Å². The summed E-state index contributed by atoms with van der Waals surface area (Å²) >= 11 is 5.95. The van der Waals surface area contributed by atoms with Gasteiger partial charge in [-0.2, -0.15) is 0 Å². The molecule has 1 atom stereocenters. The van der Waals surface area contributed by atoms with E-state index < -0.39 is 6.04 Å². The number of benzene rings is 2. The molecule has 0 heterocycles. The van der Waals surface area contributed by atoms with E-state index in [0.29, 0.717) is 24.5 Å². The molecule has 1 N–H and O–H groups in total. The van der Waals surface area contributed by atoms with Gasteiger partial charge in [0.05, 0.1) is 6.42 Å². The van der Waals surface area contributed by atoms with Crippen LogP contribution in [0.15, 0.2) is 48.5 Å². The number of nitrogens with one attached hydrogen (secondary N) is 1. The van der Waals surface area contributed by atoms with Crippen LogP contribution in [0.5, 0.6) is 0 Å². The Bertz CT molecular complexity index is 772. The van der Waals surface area contributed by atoms with Crippen LogP contribution in [0.1, 0.15) is 43.4 Å². The molecular formula is C23H29ClN2O2. The van der Waals surface area contributed by atoms with E-state index in [-0.39, 0.29) is 18.2 Å². The summed E-state index contributed by atoms with van der Waals surface area (Å²) in [5.41, 5.74) is 3.06. The van der Waals surface area contributed by atoms with E-state index >= 15 is 0 Å². The lowest BCUT2D eigenvalue weighted by Gasteiger charge is -2.31. The summed E-state index contributed by atoms with van der Waals surface area (Å²) in [6.07, 6.45) is 1.66. The maximum absolute atomic E-state index is 13.2. The summed E-state index contributed by atoms with van der Waals surface area (Å²) in [6, 6.07) is 14.8. The van der Waals surface area contributed by atoms with Gasteiger partial charge >= 0.3 is 0 Å². The van der Waals surface area contributed by atoms with Crippen LogP contribution in [0.2, 0.25) is 5.02 Å². The molecule has 0 aliphatic rings. The molecule has 5 heteroatoms. The second-order valence-electron chi connectivity index (χ2n) is 7.03. The Hall–Kier alpha value is -2.33. The first-order valence-electron chi connectivity index (χ1n) is 9.81. The maximum atomic E-state index is 13.2. The van der Waals surface area contributed by atoms with Gasteiger partial charge in [0, 0.05) is 18.1 Å². The largest absolute Gasteiger partial charge is 0.354 e. The van der Waals surface area contributed by atoms with E-state index in [9.17, 15) is 9.59 Å². The molecule has 0 spiro atoms. The Morgan fingerprint density at radius 2 is 1.61 bits per heavy atom. The van der Waals surface area contributed by atoms with Gasteiger partial charge in [-0.05, 0) is 43.0 Å². The molecule has 0 fully saturated rings. The molecule has 0 aromatic heterocycles. The van der Waals surface area contributed by atoms with Gasteiger partial charge in [0.2, 0.25) is 11.8 Å². The Morgan fingerprint density at radius 1 is 1.00 bits per heavy atom. The average molecular weight is 401 g/mol. The quantitative estimate of drug-likeness (QED) is 0.672. The lowest BCUT2D eigenvalue weighted by molar-refractivity contribution is -0.140. The predicted molar refractivity (Wildman–Crippen MR) is 114 cm³/mol. The van der Waals surface area contributed by atoms with Gasteiger partial charge in [0.15, 0.2) is 0 Å². The molecule has 0 bridgehead atoms. The molecule has 0 aliphatic heterocycles. The molecule has 28 heavy (non-hydrogen) atoms. The smallest absolute Gasteiger partial charge is 0.242 e. The van der Waals surface area contributed by atoms with E-state index in [0.717, 1.165) is 23.1 Å². The first-order valence-corrected chi connectivity index (χ1v) is 10.2. The zero-order valence-corrected chi connectivity index (χ0v) is 17.6. The average Bonchev–Trinajstić information content (AvgIpc) is 2.69. The maximum Gasteiger partial charge on any atom is 0.242 e. The number of rotatable bonds is 9. The Labute approximate surface area is 172 Å². The first kappa shape index (κ1) is 22.0. The fourth-order valence-corrected chi connectivity index (χ4v) is 3.18. The molecule has 1 unspecified atom stereocenters. The third kappa shape index (κ3) is 6.38. The van der Waals surface area contributed by atoms with Crippen molar-refractivity contribution in [3.8, 4) is 0 Å². The summed E-state index contributed by atoms with van der Waals surface area (Å²) < 4.78 is 0. The number of hydrogen-bond donors (Lipinski definition) is 1. The van der Waals surface area contributed by atoms with Gasteiger partial charge in [-0.15, -0.1) is 0 Å². The number of carbonyl (C=O) groups excluding carboxylic acids is 2. The molecule has 2 aromatic carbocycles. The minimum Gasteiger partial charge on any atom is -0.354 e. The molecule has 2 rings (SSSR count).